The van der Waals surface area contributed by atoms with Gasteiger partial charge in [0.05, 0.1) is 6.26 Å². The zero-order valence-electron chi connectivity index (χ0n) is 11.3. The van der Waals surface area contributed by atoms with E-state index in [-0.39, 0.29) is 12.5 Å². The van der Waals surface area contributed by atoms with E-state index in [1.54, 1.807) is 0 Å². The van der Waals surface area contributed by atoms with Crippen LogP contribution in [0.1, 0.15) is 24.0 Å². The van der Waals surface area contributed by atoms with E-state index in [1.807, 2.05) is 31.2 Å². The van der Waals surface area contributed by atoms with E-state index in [0.29, 0.717) is 19.4 Å². The summed E-state index contributed by atoms with van der Waals surface area (Å²) >= 11 is 0. The third kappa shape index (κ3) is 6.93. The quantitative estimate of drug-likeness (QED) is 0.732. The number of sulfonamides is 1. The number of hydrogen-bond acceptors (Lipinski definition) is 3. The Labute approximate surface area is 114 Å². The van der Waals surface area contributed by atoms with Crippen LogP contribution in [0.4, 0.5) is 0 Å². The fraction of sp³-hybridized carbons (Fsp3) is 0.462. The van der Waals surface area contributed by atoms with E-state index in [0.717, 1.165) is 17.4 Å². The molecule has 0 aliphatic rings. The molecule has 0 bridgehead atoms. The Hall–Kier alpha value is -1.40. The molecule has 0 aliphatic carbocycles. The van der Waals surface area contributed by atoms with Crippen LogP contribution in [-0.4, -0.2) is 27.1 Å². The Balaban J connectivity index is 2.24. The molecule has 0 aromatic heterocycles. The molecule has 2 N–H and O–H groups in total. The van der Waals surface area contributed by atoms with E-state index in [2.05, 4.69) is 10.0 Å². The van der Waals surface area contributed by atoms with Gasteiger partial charge in [-0.25, -0.2) is 13.1 Å². The van der Waals surface area contributed by atoms with Gasteiger partial charge in [0.2, 0.25) is 15.9 Å². The first kappa shape index (κ1) is 15.7. The van der Waals surface area contributed by atoms with Gasteiger partial charge in [-0.05, 0) is 24.5 Å². The molecule has 1 aromatic rings. The topological polar surface area (TPSA) is 75.3 Å². The summed E-state index contributed by atoms with van der Waals surface area (Å²) in [4.78, 5) is 11.6. The fourth-order valence-electron chi connectivity index (χ4n) is 1.60. The Morgan fingerprint density at radius 3 is 2.58 bits per heavy atom. The average molecular weight is 284 g/mol. The van der Waals surface area contributed by atoms with Gasteiger partial charge in [0, 0.05) is 19.5 Å². The molecule has 0 aliphatic heterocycles. The molecule has 6 heteroatoms. The van der Waals surface area contributed by atoms with Gasteiger partial charge in [0.25, 0.3) is 0 Å². The predicted molar refractivity (Wildman–Crippen MR) is 75.1 cm³/mol. The highest BCUT2D eigenvalue weighted by atomic mass is 32.2. The van der Waals surface area contributed by atoms with Crippen LogP contribution in [0.5, 0.6) is 0 Å². The third-order valence-corrected chi connectivity index (χ3v) is 3.41. The minimum Gasteiger partial charge on any atom is -0.352 e. The van der Waals surface area contributed by atoms with Crippen molar-refractivity contribution in [3.63, 3.8) is 0 Å². The number of hydrogen-bond donors (Lipinski definition) is 2. The number of carbonyl (C=O) groups is 1. The normalized spacial score (nSPS) is 11.3. The standard InChI is InChI=1S/C13H20N2O3S/c1-11-6-3-4-7-12(11)10-14-13(16)8-5-9-15-19(2,17)18/h3-4,6-7,15H,5,8-10H2,1-2H3,(H,14,16). The zero-order chi connectivity index (χ0) is 14.3. The van der Waals surface area contributed by atoms with Gasteiger partial charge >= 0.3 is 0 Å². The van der Waals surface area contributed by atoms with Crippen molar-refractivity contribution in [2.45, 2.75) is 26.3 Å². The molecule has 0 atom stereocenters. The van der Waals surface area contributed by atoms with Crippen LogP contribution in [0, 0.1) is 6.92 Å². The molecule has 0 saturated carbocycles. The molecular formula is C13H20N2O3S. The largest absolute Gasteiger partial charge is 0.352 e. The predicted octanol–water partition coefficient (Wildman–Crippen LogP) is 0.941. The van der Waals surface area contributed by atoms with Crippen molar-refractivity contribution in [2.24, 2.45) is 0 Å². The monoisotopic (exact) mass is 284 g/mol. The summed E-state index contributed by atoms with van der Waals surface area (Å²) in [5.41, 5.74) is 2.23. The molecule has 0 saturated heterocycles. The highest BCUT2D eigenvalue weighted by Crippen LogP contribution is 2.06. The molecule has 1 amide bonds. The molecular weight excluding hydrogens is 264 g/mol. The van der Waals surface area contributed by atoms with Crippen LogP contribution in [0.15, 0.2) is 24.3 Å². The molecule has 1 rings (SSSR count). The van der Waals surface area contributed by atoms with Gasteiger partial charge in [-0.1, -0.05) is 24.3 Å². The highest BCUT2D eigenvalue weighted by Gasteiger charge is 2.04. The molecule has 106 valence electrons. The van der Waals surface area contributed by atoms with E-state index in [9.17, 15) is 13.2 Å². The second kappa shape index (κ2) is 7.25. The Morgan fingerprint density at radius 2 is 1.95 bits per heavy atom. The summed E-state index contributed by atoms with van der Waals surface area (Å²) in [5.74, 6) is -0.0708. The SMILES string of the molecule is Cc1ccccc1CNC(=O)CCCNS(C)(=O)=O. The summed E-state index contributed by atoms with van der Waals surface area (Å²) in [5, 5.41) is 2.82. The molecule has 19 heavy (non-hydrogen) atoms. The molecule has 0 heterocycles. The second-order valence-electron chi connectivity index (χ2n) is 4.47. The summed E-state index contributed by atoms with van der Waals surface area (Å²) < 4.78 is 24.0. The van der Waals surface area contributed by atoms with Crippen LogP contribution in [0.2, 0.25) is 0 Å². The second-order valence-corrected chi connectivity index (χ2v) is 6.31. The van der Waals surface area contributed by atoms with E-state index >= 15 is 0 Å². The van der Waals surface area contributed by atoms with Crippen molar-refractivity contribution in [3.05, 3.63) is 35.4 Å². The van der Waals surface area contributed by atoms with Crippen molar-refractivity contribution in [1.82, 2.24) is 10.0 Å². The lowest BCUT2D eigenvalue weighted by Gasteiger charge is -2.08. The lowest BCUT2D eigenvalue weighted by Crippen LogP contribution is -2.26. The van der Waals surface area contributed by atoms with Crippen LogP contribution in [0.3, 0.4) is 0 Å². The van der Waals surface area contributed by atoms with Crippen LogP contribution in [0.25, 0.3) is 0 Å². The van der Waals surface area contributed by atoms with Gasteiger partial charge in [-0.15, -0.1) is 0 Å². The van der Waals surface area contributed by atoms with Crippen molar-refractivity contribution in [2.75, 3.05) is 12.8 Å². The maximum Gasteiger partial charge on any atom is 0.220 e. The molecule has 5 nitrogen and oxygen atoms in total. The lowest BCUT2D eigenvalue weighted by atomic mass is 10.1. The lowest BCUT2D eigenvalue weighted by molar-refractivity contribution is -0.121. The van der Waals surface area contributed by atoms with Crippen molar-refractivity contribution >= 4 is 15.9 Å². The van der Waals surface area contributed by atoms with Gasteiger partial charge in [0.1, 0.15) is 0 Å². The minimum absolute atomic E-state index is 0.0708. The van der Waals surface area contributed by atoms with Crippen molar-refractivity contribution in [1.29, 1.82) is 0 Å². The van der Waals surface area contributed by atoms with Crippen LogP contribution < -0.4 is 10.0 Å². The minimum atomic E-state index is -3.16. The number of benzene rings is 1. The Bertz CT molecular complexity index is 526. The first-order chi connectivity index (χ1) is 8.88. The van der Waals surface area contributed by atoms with Crippen LogP contribution >= 0.6 is 0 Å². The number of aryl methyl sites for hydroxylation is 1. The summed E-state index contributed by atoms with van der Waals surface area (Å²) in [6, 6.07) is 7.86. The zero-order valence-corrected chi connectivity index (χ0v) is 12.1. The van der Waals surface area contributed by atoms with Crippen molar-refractivity contribution in [3.8, 4) is 0 Å². The van der Waals surface area contributed by atoms with E-state index in [1.165, 1.54) is 0 Å². The van der Waals surface area contributed by atoms with E-state index < -0.39 is 10.0 Å². The first-order valence-electron chi connectivity index (χ1n) is 6.14. The summed E-state index contributed by atoms with van der Waals surface area (Å²) in [6.45, 7) is 2.79. The van der Waals surface area contributed by atoms with Crippen LogP contribution in [-0.2, 0) is 21.4 Å². The molecule has 0 unspecified atom stereocenters. The molecule has 1 aromatic carbocycles. The van der Waals surface area contributed by atoms with Gasteiger partial charge < -0.3 is 5.32 Å². The maximum atomic E-state index is 11.6. The van der Waals surface area contributed by atoms with E-state index in [4.69, 9.17) is 0 Å². The maximum absolute atomic E-state index is 11.6. The molecule has 0 fully saturated rings. The Morgan fingerprint density at radius 1 is 1.26 bits per heavy atom. The van der Waals surface area contributed by atoms with Gasteiger partial charge in [0.15, 0.2) is 0 Å². The molecule has 0 spiro atoms. The van der Waals surface area contributed by atoms with Crippen molar-refractivity contribution < 1.29 is 13.2 Å². The summed E-state index contributed by atoms with van der Waals surface area (Å²) in [7, 11) is -3.16. The molecule has 0 radical (unpaired) electrons. The summed E-state index contributed by atoms with van der Waals surface area (Å²) in [6.07, 6.45) is 1.91. The number of carbonyl (C=O) groups excluding carboxylic acids is 1. The van der Waals surface area contributed by atoms with Gasteiger partial charge in [-0.3, -0.25) is 4.79 Å². The average Bonchev–Trinajstić information content (AvgIpc) is 2.32. The number of amides is 1. The highest BCUT2D eigenvalue weighted by molar-refractivity contribution is 7.88. The fourth-order valence-corrected chi connectivity index (χ4v) is 2.11. The Kier molecular flexibility index (Phi) is 5.98. The number of rotatable bonds is 7. The first-order valence-corrected chi connectivity index (χ1v) is 8.03. The third-order valence-electron chi connectivity index (χ3n) is 2.68. The number of nitrogens with one attached hydrogen (secondary N) is 2. The smallest absolute Gasteiger partial charge is 0.220 e. The van der Waals surface area contributed by atoms with Gasteiger partial charge in [-0.2, -0.15) is 0 Å².